The van der Waals surface area contributed by atoms with Crippen molar-refractivity contribution < 1.29 is 101 Å². The van der Waals surface area contributed by atoms with Crippen LogP contribution in [0.4, 0.5) is 87.8 Å². The molecular weight excluding hydrogens is 927 g/mol. The monoisotopic (exact) mass is 940 g/mol. The average Bonchev–Trinajstić information content (AvgIpc) is 3.26. The lowest BCUT2D eigenvalue weighted by Gasteiger charge is -2.44. The highest BCUT2D eigenvalue weighted by atomic mass is 32.2. The minimum Gasteiger partial charge on any atom is -0.287 e. The lowest BCUT2D eigenvalue weighted by atomic mass is 9.12. The molecule has 0 amide bonds. The van der Waals surface area contributed by atoms with Crippen molar-refractivity contribution in [2.45, 2.75) is 11.4 Å². The van der Waals surface area contributed by atoms with Crippen molar-refractivity contribution in [3.63, 3.8) is 0 Å². The van der Waals surface area contributed by atoms with Gasteiger partial charge < -0.3 is 0 Å². The van der Waals surface area contributed by atoms with Gasteiger partial charge in [-0.3, -0.25) is 14.0 Å². The van der Waals surface area contributed by atoms with E-state index in [4.69, 9.17) is 0 Å². The molecule has 0 aliphatic rings. The molecule has 1 unspecified atom stereocenters. The molecule has 5 aromatic carbocycles. The number of hydrogen-bond donors (Lipinski definition) is 0. The number of nitrogens with zero attached hydrogens (tertiary/aromatic N) is 2. The predicted octanol–water partition coefficient (Wildman–Crippen LogP) is 6.84. The predicted molar refractivity (Wildman–Crippen MR) is 177 cm³/mol. The minimum atomic E-state index is -7.22. The van der Waals surface area contributed by atoms with E-state index in [-0.39, 0.29) is 12.3 Å². The summed E-state index contributed by atoms with van der Waals surface area (Å²) in [5.41, 5.74) is -13.8. The summed E-state index contributed by atoms with van der Waals surface area (Å²) < 4.78 is 307. The Bertz CT molecular complexity index is 2500. The van der Waals surface area contributed by atoms with E-state index in [0.717, 1.165) is 0 Å². The summed E-state index contributed by atoms with van der Waals surface area (Å²) in [4.78, 5) is 16.6. The second-order valence-electron chi connectivity index (χ2n) is 12.6. The van der Waals surface area contributed by atoms with Crippen molar-refractivity contribution in [3.05, 3.63) is 171 Å². The Morgan fingerprint density at radius 1 is 0.476 bits per heavy atom. The van der Waals surface area contributed by atoms with Crippen LogP contribution >= 0.6 is 0 Å². The highest BCUT2D eigenvalue weighted by molar-refractivity contribution is 7.84. The summed E-state index contributed by atoms with van der Waals surface area (Å²) in [5, 5.41) is 0. The first-order valence-corrected chi connectivity index (χ1v) is 17.9. The second-order valence-corrected chi connectivity index (χ2v) is 14.0. The molecule has 6 rings (SSSR count). The molecule has 1 heterocycles. The normalized spacial score (nSPS) is 12.0. The summed E-state index contributed by atoms with van der Waals surface area (Å²) in [6.45, 7) is 0.252. The zero-order valence-electron chi connectivity index (χ0n) is 30.1. The van der Waals surface area contributed by atoms with Crippen LogP contribution in [0.15, 0.2) is 53.9 Å². The van der Waals surface area contributed by atoms with Gasteiger partial charge in [0.05, 0.1) is 12.4 Å². The molecule has 0 aliphatic carbocycles. The fourth-order valence-electron chi connectivity index (χ4n) is 6.43. The SMILES string of the molecule is CS(=O)c1cccc(C(=O)C[n+]2ccncc2)c1.Fc1c(F)c(F)c([B-](c2c(F)c(F)c(F)c(F)c2F)(c2c(F)c(F)c(F)c(F)c2F)c2c(F)c(F)c(F)c(F)c2F)c(F)c1F. The molecule has 0 aliphatic heterocycles. The number of ketones is 1. The van der Waals surface area contributed by atoms with Gasteiger partial charge in [0.15, 0.2) is 82.2 Å². The van der Waals surface area contributed by atoms with Crippen molar-refractivity contribution >= 4 is 44.6 Å². The molecule has 0 saturated carbocycles. The van der Waals surface area contributed by atoms with Crippen molar-refractivity contribution in [2.75, 3.05) is 6.26 Å². The molecule has 4 nitrogen and oxygen atoms in total. The smallest absolute Gasteiger partial charge is 0.227 e. The molecule has 0 bridgehead atoms. The maximum Gasteiger partial charge on any atom is 0.227 e. The van der Waals surface area contributed by atoms with E-state index in [0.29, 0.717) is 10.5 Å². The van der Waals surface area contributed by atoms with Gasteiger partial charge in [-0.2, -0.15) is 4.57 Å². The van der Waals surface area contributed by atoms with Crippen molar-refractivity contribution in [1.29, 1.82) is 0 Å². The van der Waals surface area contributed by atoms with Gasteiger partial charge in [0.2, 0.25) is 12.3 Å². The van der Waals surface area contributed by atoms with Crippen LogP contribution in [0.1, 0.15) is 10.4 Å². The number of carbonyl (C=O) groups excluding carboxylic acids is 1. The van der Waals surface area contributed by atoms with E-state index in [9.17, 15) is 61.7 Å². The first-order chi connectivity index (χ1) is 29.4. The molecule has 0 fully saturated rings. The molecule has 0 saturated heterocycles. The van der Waals surface area contributed by atoms with Gasteiger partial charge in [0, 0.05) is 27.5 Å². The van der Waals surface area contributed by atoms with Gasteiger partial charge >= 0.3 is 0 Å². The van der Waals surface area contributed by atoms with Gasteiger partial charge in [0.25, 0.3) is 0 Å². The van der Waals surface area contributed by atoms with E-state index < -0.39 is 155 Å². The molecule has 6 aromatic rings. The Kier molecular flexibility index (Phi) is 13.5. The summed E-state index contributed by atoms with van der Waals surface area (Å²) in [6.07, 6.45) is 1.11. The molecule has 1 aromatic heterocycles. The molecule has 0 spiro atoms. The maximum atomic E-state index is 15.4. The summed E-state index contributed by atoms with van der Waals surface area (Å²) in [7, 11) is -1.07. The van der Waals surface area contributed by atoms with Gasteiger partial charge in [-0.15, -0.1) is 21.9 Å². The van der Waals surface area contributed by atoms with Gasteiger partial charge in [-0.1, -0.05) is 12.1 Å². The fraction of sp³-hybridized carbons (Fsp3) is 0.0541. The molecule has 332 valence electrons. The molecule has 26 heteroatoms. The Morgan fingerprint density at radius 2 is 0.746 bits per heavy atom. The molecule has 0 radical (unpaired) electrons. The van der Waals surface area contributed by atoms with Crippen LogP contribution in [-0.2, 0) is 17.3 Å². The zero-order valence-corrected chi connectivity index (χ0v) is 30.9. The van der Waals surface area contributed by atoms with E-state index in [1.54, 1.807) is 59.9 Å². The maximum absolute atomic E-state index is 15.4. The van der Waals surface area contributed by atoms with E-state index in [1.807, 2.05) is 0 Å². The lowest BCUT2D eigenvalue weighted by molar-refractivity contribution is -0.683. The van der Waals surface area contributed by atoms with Crippen LogP contribution in [0.2, 0.25) is 0 Å². The van der Waals surface area contributed by atoms with E-state index >= 15 is 35.1 Å². The Labute approximate surface area is 339 Å². The van der Waals surface area contributed by atoms with Crippen LogP contribution in [0.5, 0.6) is 0 Å². The van der Waals surface area contributed by atoms with Crippen molar-refractivity contribution in [3.8, 4) is 0 Å². The highest BCUT2D eigenvalue weighted by Crippen LogP contribution is 2.30. The van der Waals surface area contributed by atoms with E-state index in [2.05, 4.69) is 4.98 Å². The first-order valence-electron chi connectivity index (χ1n) is 16.4. The van der Waals surface area contributed by atoms with Gasteiger partial charge in [-0.25, -0.2) is 87.8 Å². The lowest BCUT2D eigenvalue weighted by Crippen LogP contribution is -2.81. The quantitative estimate of drug-likeness (QED) is 0.0420. The zero-order chi connectivity index (χ0) is 47.3. The molecule has 1 atom stereocenters. The Morgan fingerprint density at radius 3 is 1.02 bits per heavy atom. The number of halogens is 20. The molecule has 0 N–H and O–H groups in total. The summed E-state index contributed by atoms with van der Waals surface area (Å²) in [6, 6.07) is 6.92. The van der Waals surface area contributed by atoms with Crippen LogP contribution in [-0.4, -0.2) is 27.4 Å². The number of carbonyl (C=O) groups is 1. The standard InChI is InChI=1S/C24BF20.C13H13N2O2S/c26-5-1(6(27)14(35)21(42)13(5)34)25(2-7(28)15(36)22(43)16(37)8(2)29,3-9(30)17(38)23(44)18(39)10(3)31)4-11(32)19(40)24(45)20(41)12(4)33;1-18(17)12-4-2-3-11(9-12)13(16)10-15-7-5-14-6-8-15/h;2-9H,10H2,1H3/q-1;+1. The topological polar surface area (TPSA) is 50.9 Å². The second kappa shape index (κ2) is 17.8. The first kappa shape index (κ1) is 47.7. The fourth-order valence-corrected chi connectivity index (χ4v) is 7.00. The summed E-state index contributed by atoms with van der Waals surface area (Å²) in [5.74, 6) is -71.4. The van der Waals surface area contributed by atoms with Crippen LogP contribution < -0.4 is 26.4 Å². The number of benzene rings is 5. The van der Waals surface area contributed by atoms with Crippen LogP contribution in [0.25, 0.3) is 0 Å². The third kappa shape index (κ3) is 7.77. The number of hydrogen-bond acceptors (Lipinski definition) is 3. The number of rotatable bonds is 8. The molecule has 63 heavy (non-hydrogen) atoms. The van der Waals surface area contributed by atoms with E-state index in [1.165, 1.54) is 0 Å². The minimum absolute atomic E-state index is 0.0153. The van der Waals surface area contributed by atoms with Gasteiger partial charge in [0.1, 0.15) is 52.7 Å². The third-order valence-electron chi connectivity index (χ3n) is 9.21. The Hall–Kier alpha value is -6.34. The van der Waals surface area contributed by atoms with Gasteiger partial charge in [-0.05, 0) is 12.1 Å². The largest absolute Gasteiger partial charge is 0.287 e. The van der Waals surface area contributed by atoms with Crippen LogP contribution in [0, 0.1) is 116 Å². The number of Topliss-reactive ketones (excluding diaryl/α,β-unsaturated/α-hetero) is 1. The Balaban J connectivity index is 0.000000345. The van der Waals surface area contributed by atoms with Crippen molar-refractivity contribution in [2.24, 2.45) is 0 Å². The van der Waals surface area contributed by atoms with Crippen LogP contribution in [0.3, 0.4) is 0 Å². The average molecular weight is 940 g/mol. The highest BCUT2D eigenvalue weighted by Gasteiger charge is 2.52. The van der Waals surface area contributed by atoms with Crippen molar-refractivity contribution in [1.82, 2.24) is 4.98 Å². The summed E-state index contributed by atoms with van der Waals surface area (Å²) >= 11 is 0. The number of aromatic nitrogens is 2. The third-order valence-corrected chi connectivity index (χ3v) is 10.1. The molecular formula is C37H13BF20N2O2S.